The number of rotatable bonds is 11. The SMILES string of the molecule is C.C.CC1CCN(C)C1.CCCC1=CCC=N1.CCCC1CCCCO1.CCCC1CCCO1.CN(C)C1CCCOC1.CN1CC(C)(F)C1.CN1CCC(C)(O)C1.CN1CCCCC1.CNCc1ccccn1.COC1CCN(C)CC1.COC1CN(C)C1. The van der Waals surface area contributed by atoms with Gasteiger partial charge < -0.3 is 63.5 Å². The summed E-state index contributed by atoms with van der Waals surface area (Å²) in [4.78, 5) is 23.9. The number of β-amino-alcohol motifs (C(OH)–C–C–N with tert-alkyl or cyclic N) is 1. The lowest BCUT2D eigenvalue weighted by Gasteiger charge is -2.39. The number of aliphatic imine (C=N–C) groups is 1. The maximum atomic E-state index is 12.4. The van der Waals surface area contributed by atoms with Crippen LogP contribution in [0.4, 0.5) is 4.39 Å². The second-order valence-electron chi connectivity index (χ2n) is 27.3. The summed E-state index contributed by atoms with van der Waals surface area (Å²) < 4.78 is 38.9. The average Bonchev–Trinajstić information content (AvgIpc) is 1.67. The molecular formula is C73H149FN10O6. The first kappa shape index (κ1) is 90.0. The molecule has 0 aromatic carbocycles. The molecule has 0 bridgehead atoms. The van der Waals surface area contributed by atoms with Crippen molar-refractivity contribution in [2.75, 3.05) is 183 Å². The maximum absolute atomic E-state index is 12.4. The van der Waals surface area contributed by atoms with E-state index in [1.807, 2.05) is 57.4 Å². The van der Waals surface area contributed by atoms with Crippen molar-refractivity contribution in [2.45, 2.75) is 240 Å². The summed E-state index contributed by atoms with van der Waals surface area (Å²) in [6.45, 7) is 30.1. The van der Waals surface area contributed by atoms with E-state index in [4.69, 9.17) is 23.7 Å². The number of ether oxygens (including phenoxy) is 5. The fourth-order valence-electron chi connectivity index (χ4n) is 11.7. The number of pyridine rings is 1. The van der Waals surface area contributed by atoms with Gasteiger partial charge in [0.25, 0.3) is 0 Å². The van der Waals surface area contributed by atoms with Gasteiger partial charge in [0, 0.05) is 130 Å². The molecule has 1 aromatic heterocycles. The van der Waals surface area contributed by atoms with Gasteiger partial charge in [0.1, 0.15) is 5.67 Å². The number of nitrogens with one attached hydrogen (secondary N) is 1. The number of methoxy groups -OCH3 is 2. The average molecular weight is 1280 g/mol. The Bertz CT molecular complexity index is 1740. The number of hydrogen-bond acceptors (Lipinski definition) is 16. The monoisotopic (exact) mass is 1280 g/mol. The molecule has 0 amide bonds. The third kappa shape index (κ3) is 49.5. The van der Waals surface area contributed by atoms with Gasteiger partial charge in [-0.1, -0.05) is 80.4 Å². The highest BCUT2D eigenvalue weighted by atomic mass is 19.1. The van der Waals surface area contributed by atoms with E-state index in [0.717, 1.165) is 90.0 Å². The zero-order chi connectivity index (χ0) is 65.4. The minimum Gasteiger partial charge on any atom is -0.389 e. The molecule has 0 spiro atoms. The Morgan fingerprint density at radius 3 is 1.54 bits per heavy atom. The minimum atomic E-state index is -0.880. The molecule has 0 radical (unpaired) electrons. The second kappa shape index (κ2) is 56.1. The fraction of sp³-hybridized carbons (Fsp3) is 0.890. The highest BCUT2D eigenvalue weighted by Crippen LogP contribution is 2.22. The summed E-state index contributed by atoms with van der Waals surface area (Å²) >= 11 is 0. The molecule has 11 rings (SSSR count). The van der Waals surface area contributed by atoms with Gasteiger partial charge in [-0.15, -0.1) is 0 Å². The molecule has 0 aliphatic carbocycles. The predicted molar refractivity (Wildman–Crippen MR) is 385 cm³/mol. The molecule has 10 aliphatic rings. The molecule has 0 saturated carbocycles. The first-order chi connectivity index (χ1) is 42.1. The van der Waals surface area contributed by atoms with Crippen LogP contribution in [-0.2, 0) is 30.2 Å². The first-order valence-electron chi connectivity index (χ1n) is 34.9. The van der Waals surface area contributed by atoms with Gasteiger partial charge in [-0.3, -0.25) is 14.9 Å². The van der Waals surface area contributed by atoms with Gasteiger partial charge in [0.15, 0.2) is 0 Å². The molecular weight excluding hydrogens is 1130 g/mol. The standard InChI is InChI=1S/C8H16O.C7H10N2.2C7H15NO.C7H11N.C7H14O.C6H13NO.2C6H13N.C5H10FN.C5H11NO.2CH4/c1-2-5-8-6-3-4-7-9-8;1-8-6-7-4-2-3-5-9-7;1-8-5-3-7(9-2)4-6-8;1-8(2)7-4-3-5-9-6-7;2*1-2-4-7-5-3-6-8-7;1-6(8)3-4-7(2)5-6;1-6-3-4-7(2)5-6;1-7-5-3-2-4-6-7;1-5(6)3-7(2)4-5;1-6-3-5(4-6)7-2;;/h8H,2-7H2,1H3;2-5,8H,6H2,1H3;2*7H,3-6H2,1-2H3;5-6H,2-4H2,1H3;7H,2-6H2,1H3;8H,3-5H2,1-2H3;6H,3-5H2,1-2H3;2-6H2,1H3;3-4H2,1-2H3;5H,3-4H2,1-2H3;2*1H4. The lowest BCUT2D eigenvalue weighted by molar-refractivity contribution is -0.0155. The quantitative estimate of drug-likeness (QED) is 0.218. The third-order valence-corrected chi connectivity index (χ3v) is 17.1. The molecule has 17 heteroatoms. The Morgan fingerprint density at radius 1 is 0.656 bits per heavy atom. The van der Waals surface area contributed by atoms with E-state index in [9.17, 15) is 9.50 Å². The van der Waals surface area contributed by atoms with Crippen LogP contribution in [0.1, 0.15) is 197 Å². The van der Waals surface area contributed by atoms with Gasteiger partial charge in [-0.05, 0) is 218 Å². The second-order valence-corrected chi connectivity index (χ2v) is 27.3. The highest BCUT2D eigenvalue weighted by molar-refractivity contribution is 5.64. The number of allylic oxidation sites excluding steroid dienone is 2. The Morgan fingerprint density at radius 2 is 1.24 bits per heavy atom. The van der Waals surface area contributed by atoms with Crippen LogP contribution in [0.3, 0.4) is 0 Å². The third-order valence-electron chi connectivity index (χ3n) is 17.1. The Labute approximate surface area is 556 Å². The molecule has 11 heterocycles. The summed E-state index contributed by atoms with van der Waals surface area (Å²) in [5.41, 5.74) is 1.07. The van der Waals surface area contributed by atoms with Crippen molar-refractivity contribution in [3.63, 3.8) is 0 Å². The number of likely N-dealkylation sites (N-methyl/N-ethyl adjacent to an activating group) is 3. The van der Waals surface area contributed by atoms with E-state index in [1.54, 1.807) is 27.3 Å². The number of nitrogens with zero attached hydrogens (tertiary/aromatic N) is 9. The van der Waals surface area contributed by atoms with Crippen molar-refractivity contribution in [1.29, 1.82) is 0 Å². The number of alkyl halides is 1. The van der Waals surface area contributed by atoms with Gasteiger partial charge >= 0.3 is 0 Å². The van der Waals surface area contributed by atoms with Crippen molar-refractivity contribution < 1.29 is 33.2 Å². The molecule has 1 aromatic rings. The van der Waals surface area contributed by atoms with Crippen molar-refractivity contribution in [3.05, 3.63) is 41.9 Å². The van der Waals surface area contributed by atoms with Crippen LogP contribution < -0.4 is 5.32 Å². The highest BCUT2D eigenvalue weighted by Gasteiger charge is 2.36. The molecule has 534 valence electrons. The van der Waals surface area contributed by atoms with Gasteiger partial charge in [-0.25, -0.2) is 4.39 Å². The number of hydrogen-bond donors (Lipinski definition) is 2. The Hall–Kier alpha value is -2.07. The number of aliphatic hydroxyl groups is 1. The summed E-state index contributed by atoms with van der Waals surface area (Å²) in [5, 5.41) is 12.3. The summed E-state index contributed by atoms with van der Waals surface area (Å²) in [6, 6.07) is 6.56. The fourth-order valence-corrected chi connectivity index (χ4v) is 11.7. The van der Waals surface area contributed by atoms with Gasteiger partial charge in [0.05, 0.1) is 42.3 Å². The van der Waals surface area contributed by atoms with E-state index in [-0.39, 0.29) is 14.9 Å². The summed E-state index contributed by atoms with van der Waals surface area (Å²) in [6.07, 6.45) is 34.7. The van der Waals surface area contributed by atoms with E-state index in [0.29, 0.717) is 43.5 Å². The normalized spacial score (nSPS) is 25.7. The number of halogens is 1. The minimum absolute atomic E-state index is 0. The number of aromatic nitrogens is 1. The van der Waals surface area contributed by atoms with E-state index in [1.165, 1.54) is 161 Å². The van der Waals surface area contributed by atoms with Gasteiger partial charge in [-0.2, -0.15) is 0 Å². The van der Waals surface area contributed by atoms with Crippen molar-refractivity contribution in [2.24, 2.45) is 10.9 Å². The lowest BCUT2D eigenvalue weighted by Crippen LogP contribution is -2.54. The van der Waals surface area contributed by atoms with Crippen LogP contribution in [-0.4, -0.2) is 275 Å². The van der Waals surface area contributed by atoms with Gasteiger partial charge in [0.2, 0.25) is 0 Å². The van der Waals surface area contributed by atoms with Crippen LogP contribution in [0, 0.1) is 5.92 Å². The topological polar surface area (TPSA) is 126 Å². The molecule has 9 saturated heterocycles. The molecule has 9 fully saturated rings. The zero-order valence-corrected chi connectivity index (χ0v) is 60.2. The summed E-state index contributed by atoms with van der Waals surface area (Å²) in [5.74, 6) is 0.949. The number of piperidine rings is 2. The van der Waals surface area contributed by atoms with Crippen molar-refractivity contribution in [1.82, 2.24) is 44.6 Å². The summed E-state index contributed by atoms with van der Waals surface area (Å²) in [7, 11) is 22.3. The maximum Gasteiger partial charge on any atom is 0.133 e. The van der Waals surface area contributed by atoms with E-state index in [2.05, 4.69) is 121 Å². The zero-order valence-electron chi connectivity index (χ0n) is 60.2. The molecule has 2 N–H and O–H groups in total. The number of likely N-dealkylation sites (tertiary alicyclic amines) is 6. The lowest BCUT2D eigenvalue weighted by atomic mass is 10.0. The molecule has 5 unspecified atom stereocenters. The first-order valence-corrected chi connectivity index (χ1v) is 34.9. The molecule has 90 heavy (non-hydrogen) atoms. The van der Waals surface area contributed by atoms with Crippen LogP contribution >= 0.6 is 0 Å². The molecule has 10 aliphatic heterocycles. The predicted octanol–water partition coefficient (Wildman–Crippen LogP) is 12.7. The van der Waals surface area contributed by atoms with E-state index < -0.39 is 11.3 Å². The molecule has 16 nitrogen and oxygen atoms in total. The van der Waals surface area contributed by atoms with Crippen molar-refractivity contribution in [3.8, 4) is 0 Å². The van der Waals surface area contributed by atoms with E-state index >= 15 is 0 Å². The van der Waals surface area contributed by atoms with Crippen LogP contribution in [0.25, 0.3) is 0 Å². The largest absolute Gasteiger partial charge is 0.389 e. The smallest absolute Gasteiger partial charge is 0.133 e. The Balaban J connectivity index is 0. The Kier molecular flexibility index (Phi) is 56.1. The molecule has 5 atom stereocenters. The van der Waals surface area contributed by atoms with Crippen molar-refractivity contribution >= 4 is 6.21 Å². The van der Waals surface area contributed by atoms with Crippen LogP contribution in [0.5, 0.6) is 0 Å². The van der Waals surface area contributed by atoms with Crippen LogP contribution in [0.15, 0.2) is 41.2 Å². The van der Waals surface area contributed by atoms with Crippen LogP contribution in [0.2, 0.25) is 0 Å².